The molecule has 5 rings (SSSR count). The Morgan fingerprint density at radius 1 is 1.36 bits per heavy atom. The summed E-state index contributed by atoms with van der Waals surface area (Å²) in [7, 11) is 0. The second-order valence-corrected chi connectivity index (χ2v) is 8.47. The number of hydrogen-bond donors (Lipinski definition) is 1. The third kappa shape index (κ3) is 2.95. The fourth-order valence-electron chi connectivity index (χ4n) is 6.21. The molecule has 4 bridgehead atoms. The highest BCUT2D eigenvalue weighted by Crippen LogP contribution is 2.58. The van der Waals surface area contributed by atoms with Gasteiger partial charge in [0, 0.05) is 12.1 Å². The summed E-state index contributed by atoms with van der Waals surface area (Å²) >= 11 is 0. The zero-order valence-electron chi connectivity index (χ0n) is 14.3. The summed E-state index contributed by atoms with van der Waals surface area (Å²) in [5, 5.41) is 22.9. The van der Waals surface area contributed by atoms with E-state index in [0.717, 1.165) is 44.9 Å². The smallest absolute Gasteiger partial charge is 0.295 e. The molecule has 5 aliphatic rings. The van der Waals surface area contributed by atoms with E-state index in [1.807, 2.05) is 0 Å². The number of hydrogen-bond acceptors (Lipinski definition) is 6. The maximum atomic E-state index is 12.5. The number of amides is 1. The van der Waals surface area contributed by atoms with Crippen molar-refractivity contribution in [3.8, 4) is 6.07 Å². The lowest BCUT2D eigenvalue weighted by Gasteiger charge is -2.61. The van der Waals surface area contributed by atoms with Gasteiger partial charge in [0.25, 0.3) is 5.09 Å². The maximum Gasteiger partial charge on any atom is 0.295 e. The number of nitrogens with one attached hydrogen (secondary N) is 1. The Kier molecular flexibility index (Phi) is 3.87. The van der Waals surface area contributed by atoms with Gasteiger partial charge < -0.3 is 15.1 Å². The SMILES string of the molecule is N#C[C@@H]1CCCN1C(=O)CNC12CC3CC(C1)CC(O[N+](=O)[O-])(C3)C2. The van der Waals surface area contributed by atoms with Crippen LogP contribution < -0.4 is 5.32 Å². The van der Waals surface area contributed by atoms with Crippen molar-refractivity contribution < 1.29 is 14.7 Å². The molecule has 8 heteroatoms. The number of carbonyl (C=O) groups excluding carboxylic acids is 1. The molecule has 25 heavy (non-hydrogen) atoms. The van der Waals surface area contributed by atoms with Crippen molar-refractivity contribution in [1.82, 2.24) is 10.2 Å². The molecular formula is C17H24N4O4. The highest BCUT2D eigenvalue weighted by Gasteiger charge is 2.59. The van der Waals surface area contributed by atoms with Gasteiger partial charge in [-0.05, 0) is 63.2 Å². The zero-order valence-corrected chi connectivity index (χ0v) is 14.3. The molecule has 1 N–H and O–H groups in total. The largest absolute Gasteiger partial charge is 0.326 e. The average molecular weight is 348 g/mol. The van der Waals surface area contributed by atoms with Gasteiger partial charge in [-0.25, -0.2) is 0 Å². The topological polar surface area (TPSA) is 108 Å². The summed E-state index contributed by atoms with van der Waals surface area (Å²) in [5.41, 5.74) is -0.913. The molecule has 8 nitrogen and oxygen atoms in total. The first-order chi connectivity index (χ1) is 11.9. The predicted octanol–water partition coefficient (Wildman–Crippen LogP) is 1.39. The van der Waals surface area contributed by atoms with Crippen molar-refractivity contribution in [1.29, 1.82) is 5.26 Å². The minimum absolute atomic E-state index is 0.0379. The molecule has 136 valence electrons. The zero-order chi connectivity index (χ0) is 17.7. The minimum atomic E-state index is -0.674. The molecule has 1 saturated heterocycles. The van der Waals surface area contributed by atoms with E-state index in [1.54, 1.807) is 4.90 Å². The first-order valence-electron chi connectivity index (χ1n) is 9.20. The summed E-state index contributed by atoms with van der Waals surface area (Å²) in [4.78, 5) is 30.3. The summed E-state index contributed by atoms with van der Waals surface area (Å²) in [6, 6.07) is 1.89. The molecule has 1 amide bonds. The average Bonchev–Trinajstić information content (AvgIpc) is 2.98. The van der Waals surface area contributed by atoms with E-state index in [0.29, 0.717) is 24.8 Å². The standard InChI is InChI=1S/C17H24N4O4/c18-9-14-2-1-3-20(14)15(22)10-19-16-5-12-4-13(6-16)8-17(7-12,11-16)25-21(23)24/h12-14,19H,1-8,10-11H2/t12?,13?,14-,16?,17?/m0/s1. The second-order valence-electron chi connectivity index (χ2n) is 8.47. The van der Waals surface area contributed by atoms with Gasteiger partial charge in [0.05, 0.1) is 12.6 Å². The molecule has 0 spiro atoms. The molecule has 1 heterocycles. The number of rotatable bonds is 5. The second kappa shape index (κ2) is 5.84. The molecule has 3 atom stereocenters. The molecule has 0 aromatic rings. The highest BCUT2D eigenvalue weighted by molar-refractivity contribution is 5.79. The highest BCUT2D eigenvalue weighted by atomic mass is 17.0. The Labute approximate surface area is 146 Å². The van der Waals surface area contributed by atoms with Crippen molar-refractivity contribution in [3.05, 3.63) is 10.1 Å². The van der Waals surface area contributed by atoms with Crippen molar-refractivity contribution in [2.75, 3.05) is 13.1 Å². The number of likely N-dealkylation sites (tertiary alicyclic amines) is 1. The summed E-state index contributed by atoms with van der Waals surface area (Å²) in [5.74, 6) is 0.828. The van der Waals surface area contributed by atoms with Crippen LogP contribution >= 0.6 is 0 Å². The van der Waals surface area contributed by atoms with E-state index in [-0.39, 0.29) is 24.0 Å². The van der Waals surface area contributed by atoms with Crippen LogP contribution in [0.15, 0.2) is 0 Å². The molecule has 2 unspecified atom stereocenters. The van der Waals surface area contributed by atoms with Gasteiger partial charge >= 0.3 is 0 Å². The molecule has 0 aromatic heterocycles. The molecule has 0 radical (unpaired) electrons. The van der Waals surface area contributed by atoms with Crippen LogP contribution in [0.3, 0.4) is 0 Å². The van der Waals surface area contributed by atoms with Gasteiger partial charge in [-0.3, -0.25) is 4.79 Å². The van der Waals surface area contributed by atoms with Crippen molar-refractivity contribution in [2.45, 2.75) is 68.5 Å². The van der Waals surface area contributed by atoms with Gasteiger partial charge in [-0.15, -0.1) is 10.1 Å². The first kappa shape index (κ1) is 16.6. The van der Waals surface area contributed by atoms with Crippen LogP contribution in [-0.4, -0.2) is 46.2 Å². The van der Waals surface area contributed by atoms with Crippen molar-refractivity contribution >= 4 is 5.91 Å². The third-order valence-electron chi connectivity index (χ3n) is 6.61. The minimum Gasteiger partial charge on any atom is -0.326 e. The van der Waals surface area contributed by atoms with Gasteiger partial charge in [-0.2, -0.15) is 5.26 Å². The van der Waals surface area contributed by atoms with E-state index in [9.17, 15) is 14.9 Å². The first-order valence-corrected chi connectivity index (χ1v) is 9.20. The lowest BCUT2D eigenvalue weighted by molar-refractivity contribution is -0.785. The number of nitrogens with zero attached hydrogens (tertiary/aromatic N) is 3. The van der Waals surface area contributed by atoms with Crippen LogP contribution in [0.2, 0.25) is 0 Å². The molecule has 0 aromatic carbocycles. The maximum absolute atomic E-state index is 12.5. The van der Waals surface area contributed by atoms with Crippen molar-refractivity contribution in [3.63, 3.8) is 0 Å². The molecule has 4 saturated carbocycles. The molecule has 5 fully saturated rings. The Morgan fingerprint density at radius 2 is 2.08 bits per heavy atom. The van der Waals surface area contributed by atoms with Gasteiger partial charge in [0.1, 0.15) is 11.6 Å². The fraction of sp³-hybridized carbons (Fsp3) is 0.882. The summed E-state index contributed by atoms with van der Waals surface area (Å²) in [6.07, 6.45) is 6.76. The van der Waals surface area contributed by atoms with Crippen LogP contribution in [-0.2, 0) is 9.63 Å². The number of nitriles is 1. The van der Waals surface area contributed by atoms with E-state index in [1.165, 1.54) is 0 Å². The summed E-state index contributed by atoms with van der Waals surface area (Å²) < 4.78 is 0. The van der Waals surface area contributed by atoms with Crippen molar-refractivity contribution in [2.24, 2.45) is 11.8 Å². The van der Waals surface area contributed by atoms with Crippen LogP contribution in [0.1, 0.15) is 51.4 Å². The predicted molar refractivity (Wildman–Crippen MR) is 86.6 cm³/mol. The number of carbonyl (C=O) groups is 1. The Hall–Kier alpha value is -1.88. The fourth-order valence-corrected chi connectivity index (χ4v) is 6.21. The van der Waals surface area contributed by atoms with E-state index in [4.69, 9.17) is 10.1 Å². The summed E-state index contributed by atoms with van der Waals surface area (Å²) in [6.45, 7) is 0.845. The van der Waals surface area contributed by atoms with Crippen LogP contribution in [0.4, 0.5) is 0 Å². The lowest BCUT2D eigenvalue weighted by Crippen LogP contribution is -2.66. The van der Waals surface area contributed by atoms with Gasteiger partial charge in [-0.1, -0.05) is 0 Å². The van der Waals surface area contributed by atoms with Gasteiger partial charge in [0.2, 0.25) is 5.91 Å². The van der Waals surface area contributed by atoms with E-state index < -0.39 is 10.7 Å². The Morgan fingerprint density at radius 3 is 2.72 bits per heavy atom. The van der Waals surface area contributed by atoms with E-state index >= 15 is 0 Å². The normalized spacial score (nSPS) is 41.6. The molecule has 4 aliphatic carbocycles. The van der Waals surface area contributed by atoms with Crippen LogP contribution in [0, 0.1) is 33.3 Å². The Bertz CT molecular complexity index is 617. The lowest BCUT2D eigenvalue weighted by atomic mass is 9.51. The van der Waals surface area contributed by atoms with Gasteiger partial charge in [0.15, 0.2) is 0 Å². The van der Waals surface area contributed by atoms with Crippen LogP contribution in [0.5, 0.6) is 0 Å². The third-order valence-corrected chi connectivity index (χ3v) is 6.61. The van der Waals surface area contributed by atoms with E-state index in [2.05, 4.69) is 11.4 Å². The monoisotopic (exact) mass is 348 g/mol. The Balaban J connectivity index is 1.44. The quantitative estimate of drug-likeness (QED) is 0.594. The molecular weight excluding hydrogens is 324 g/mol. The van der Waals surface area contributed by atoms with Crippen LogP contribution in [0.25, 0.3) is 0 Å². The molecule has 1 aliphatic heterocycles.